The monoisotopic (exact) mass is 286 g/mol. The van der Waals surface area contributed by atoms with Crippen LogP contribution in [0.25, 0.3) is 10.2 Å². The Morgan fingerprint density at radius 1 is 1.35 bits per heavy atom. The number of nitrogens with one attached hydrogen (secondary N) is 1. The smallest absolute Gasteiger partial charge is 0.123 e. The van der Waals surface area contributed by atoms with Crippen LogP contribution >= 0.6 is 11.3 Å². The van der Waals surface area contributed by atoms with Crippen LogP contribution < -0.4 is 5.32 Å². The van der Waals surface area contributed by atoms with E-state index in [0.29, 0.717) is 6.04 Å². The third-order valence-corrected chi connectivity index (χ3v) is 4.40. The Hall–Kier alpha value is -1.65. The van der Waals surface area contributed by atoms with E-state index in [4.69, 9.17) is 4.42 Å². The molecule has 0 fully saturated rings. The van der Waals surface area contributed by atoms with Gasteiger partial charge in [-0.15, -0.1) is 11.3 Å². The molecule has 3 aromatic rings. The lowest BCUT2D eigenvalue weighted by molar-refractivity contribution is 0.487. The van der Waals surface area contributed by atoms with Gasteiger partial charge in [0.1, 0.15) is 10.6 Å². The van der Waals surface area contributed by atoms with E-state index in [1.165, 1.54) is 10.9 Å². The molecule has 3 aromatic heterocycles. The van der Waals surface area contributed by atoms with Crippen molar-refractivity contribution in [2.45, 2.75) is 25.8 Å². The van der Waals surface area contributed by atoms with Gasteiger partial charge in [0.05, 0.1) is 6.26 Å². The van der Waals surface area contributed by atoms with E-state index in [1.807, 2.05) is 24.4 Å². The molecule has 3 nitrogen and oxygen atoms in total. The Balaban J connectivity index is 1.55. The Morgan fingerprint density at radius 3 is 3.15 bits per heavy atom. The number of aromatic nitrogens is 1. The van der Waals surface area contributed by atoms with Crippen molar-refractivity contribution in [3.63, 3.8) is 0 Å². The summed E-state index contributed by atoms with van der Waals surface area (Å²) in [6.45, 7) is 3.20. The van der Waals surface area contributed by atoms with Crippen LogP contribution in [-0.2, 0) is 6.42 Å². The highest BCUT2D eigenvalue weighted by Gasteiger charge is 2.11. The topological polar surface area (TPSA) is 38.1 Å². The van der Waals surface area contributed by atoms with Crippen LogP contribution in [0.4, 0.5) is 0 Å². The average molecular weight is 286 g/mol. The summed E-state index contributed by atoms with van der Waals surface area (Å²) >= 11 is 1.71. The van der Waals surface area contributed by atoms with Gasteiger partial charge in [0.25, 0.3) is 0 Å². The van der Waals surface area contributed by atoms with Gasteiger partial charge in [0, 0.05) is 24.0 Å². The van der Waals surface area contributed by atoms with E-state index in [0.717, 1.165) is 30.0 Å². The number of aryl methyl sites for hydroxylation is 1. The van der Waals surface area contributed by atoms with Gasteiger partial charge in [-0.2, -0.15) is 0 Å². The molecule has 20 heavy (non-hydrogen) atoms. The molecule has 0 aliphatic heterocycles. The normalized spacial score (nSPS) is 12.8. The summed E-state index contributed by atoms with van der Waals surface area (Å²) in [5.41, 5.74) is 1.34. The molecule has 3 heterocycles. The summed E-state index contributed by atoms with van der Waals surface area (Å²) in [7, 11) is 0. The number of hydrogen-bond donors (Lipinski definition) is 1. The molecule has 0 aromatic carbocycles. The third kappa shape index (κ3) is 2.92. The second-order valence-corrected chi connectivity index (χ2v) is 5.76. The summed E-state index contributed by atoms with van der Waals surface area (Å²) in [4.78, 5) is 5.51. The first-order valence-electron chi connectivity index (χ1n) is 6.92. The number of fused-ring (bicyclic) bond motifs is 1. The summed E-state index contributed by atoms with van der Waals surface area (Å²) in [6.07, 6.45) is 5.65. The fourth-order valence-electron chi connectivity index (χ4n) is 2.37. The van der Waals surface area contributed by atoms with Gasteiger partial charge in [-0.1, -0.05) is 6.07 Å². The maximum Gasteiger partial charge on any atom is 0.123 e. The van der Waals surface area contributed by atoms with Gasteiger partial charge >= 0.3 is 0 Å². The van der Waals surface area contributed by atoms with Crippen LogP contribution in [0.3, 0.4) is 0 Å². The molecule has 0 amide bonds. The van der Waals surface area contributed by atoms with Crippen LogP contribution in [0, 0.1) is 0 Å². The highest BCUT2D eigenvalue weighted by Crippen LogP contribution is 2.28. The zero-order valence-electron chi connectivity index (χ0n) is 11.5. The SMILES string of the molecule is CC(NCCCc1ccco1)c1csc2ncccc12. The maximum atomic E-state index is 5.34. The maximum absolute atomic E-state index is 5.34. The van der Waals surface area contributed by atoms with E-state index in [9.17, 15) is 0 Å². The van der Waals surface area contributed by atoms with Gasteiger partial charge in [0.15, 0.2) is 0 Å². The fraction of sp³-hybridized carbons (Fsp3) is 0.312. The number of rotatable bonds is 6. The van der Waals surface area contributed by atoms with Gasteiger partial charge in [-0.05, 0) is 49.0 Å². The lowest BCUT2D eigenvalue weighted by atomic mass is 10.1. The second-order valence-electron chi connectivity index (χ2n) is 4.91. The quantitative estimate of drug-likeness (QED) is 0.691. The van der Waals surface area contributed by atoms with Gasteiger partial charge < -0.3 is 9.73 Å². The van der Waals surface area contributed by atoms with E-state index < -0.39 is 0 Å². The number of pyridine rings is 1. The first-order valence-corrected chi connectivity index (χ1v) is 7.80. The van der Waals surface area contributed by atoms with Crippen LogP contribution in [-0.4, -0.2) is 11.5 Å². The molecule has 0 bridgehead atoms. The summed E-state index contributed by atoms with van der Waals surface area (Å²) in [5.74, 6) is 1.06. The predicted octanol–water partition coefficient (Wildman–Crippen LogP) is 4.17. The molecule has 0 radical (unpaired) electrons. The summed E-state index contributed by atoms with van der Waals surface area (Å²) in [5, 5.41) is 7.05. The van der Waals surface area contributed by atoms with Crippen molar-refractivity contribution in [3.8, 4) is 0 Å². The van der Waals surface area contributed by atoms with Crippen molar-refractivity contribution in [2.75, 3.05) is 6.54 Å². The predicted molar refractivity (Wildman–Crippen MR) is 83.1 cm³/mol. The molecule has 1 atom stereocenters. The molecule has 4 heteroatoms. The molecule has 0 aliphatic rings. The Morgan fingerprint density at radius 2 is 2.30 bits per heavy atom. The Kier molecular flexibility index (Phi) is 4.14. The molecule has 1 unspecified atom stereocenters. The molecule has 0 saturated heterocycles. The van der Waals surface area contributed by atoms with Crippen molar-refractivity contribution in [1.82, 2.24) is 10.3 Å². The molecule has 1 N–H and O–H groups in total. The van der Waals surface area contributed by atoms with Gasteiger partial charge in [-0.3, -0.25) is 0 Å². The van der Waals surface area contributed by atoms with E-state index >= 15 is 0 Å². The van der Waals surface area contributed by atoms with Crippen LogP contribution in [0.5, 0.6) is 0 Å². The standard InChI is InChI=1S/C16H18N2OS/c1-12(17-8-2-5-13-6-4-10-19-13)15-11-20-16-14(15)7-3-9-18-16/h3-4,6-7,9-12,17H,2,5,8H2,1H3. The van der Waals surface area contributed by atoms with Crippen molar-refractivity contribution in [3.05, 3.63) is 53.4 Å². The van der Waals surface area contributed by atoms with Crippen LogP contribution in [0.2, 0.25) is 0 Å². The molecule has 3 rings (SSSR count). The number of nitrogens with zero attached hydrogens (tertiary/aromatic N) is 1. The minimum absolute atomic E-state index is 0.351. The van der Waals surface area contributed by atoms with Gasteiger partial charge in [0.2, 0.25) is 0 Å². The summed E-state index contributed by atoms with van der Waals surface area (Å²) in [6, 6.07) is 8.47. The summed E-state index contributed by atoms with van der Waals surface area (Å²) < 4.78 is 5.34. The van der Waals surface area contributed by atoms with Crippen LogP contribution in [0.1, 0.15) is 30.7 Å². The largest absolute Gasteiger partial charge is 0.469 e. The third-order valence-electron chi connectivity index (χ3n) is 3.48. The van der Waals surface area contributed by atoms with Crippen molar-refractivity contribution in [2.24, 2.45) is 0 Å². The number of thiophene rings is 1. The van der Waals surface area contributed by atoms with E-state index in [1.54, 1.807) is 17.6 Å². The average Bonchev–Trinajstić information content (AvgIpc) is 3.12. The molecule has 0 saturated carbocycles. The molecule has 104 valence electrons. The van der Waals surface area contributed by atoms with E-state index in [-0.39, 0.29) is 0 Å². The molecule has 0 aliphatic carbocycles. The molecular weight excluding hydrogens is 268 g/mol. The Labute approximate surface area is 122 Å². The zero-order valence-corrected chi connectivity index (χ0v) is 12.3. The number of furan rings is 1. The highest BCUT2D eigenvalue weighted by atomic mass is 32.1. The number of hydrogen-bond acceptors (Lipinski definition) is 4. The second kappa shape index (κ2) is 6.20. The minimum Gasteiger partial charge on any atom is -0.469 e. The fourth-order valence-corrected chi connectivity index (χ4v) is 3.37. The van der Waals surface area contributed by atoms with Crippen molar-refractivity contribution >= 4 is 21.6 Å². The first-order chi connectivity index (χ1) is 9.84. The van der Waals surface area contributed by atoms with E-state index in [2.05, 4.69) is 28.7 Å². The minimum atomic E-state index is 0.351. The van der Waals surface area contributed by atoms with Gasteiger partial charge in [-0.25, -0.2) is 4.98 Å². The van der Waals surface area contributed by atoms with Crippen LogP contribution in [0.15, 0.2) is 46.5 Å². The van der Waals surface area contributed by atoms with Crippen molar-refractivity contribution < 1.29 is 4.42 Å². The first kappa shape index (κ1) is 13.3. The van der Waals surface area contributed by atoms with Crippen molar-refractivity contribution in [1.29, 1.82) is 0 Å². The lowest BCUT2D eigenvalue weighted by Crippen LogP contribution is -2.20. The highest BCUT2D eigenvalue weighted by molar-refractivity contribution is 7.16. The zero-order chi connectivity index (χ0) is 13.8. The lowest BCUT2D eigenvalue weighted by Gasteiger charge is -2.12. The molecule has 0 spiro atoms. The molecular formula is C16H18N2OS. The Bertz CT molecular complexity index is 660.